The summed E-state index contributed by atoms with van der Waals surface area (Å²) >= 11 is 0. The first-order valence-electron chi connectivity index (χ1n) is 10.9. The van der Waals surface area contributed by atoms with Crippen molar-refractivity contribution in [2.45, 2.75) is 12.5 Å². The van der Waals surface area contributed by atoms with Gasteiger partial charge in [-0.25, -0.2) is 0 Å². The normalized spacial score (nSPS) is 18.1. The van der Waals surface area contributed by atoms with E-state index in [0.717, 1.165) is 6.54 Å². The van der Waals surface area contributed by atoms with Gasteiger partial charge in [-0.3, -0.25) is 14.4 Å². The van der Waals surface area contributed by atoms with Crippen LogP contribution in [0.1, 0.15) is 28.4 Å². The molecule has 8 heteroatoms. The predicted molar refractivity (Wildman–Crippen MR) is 122 cm³/mol. The summed E-state index contributed by atoms with van der Waals surface area (Å²) in [4.78, 5) is 42.4. The fourth-order valence-corrected chi connectivity index (χ4v) is 4.17. The summed E-state index contributed by atoms with van der Waals surface area (Å²) < 4.78 is 15.9. The second-order valence-corrected chi connectivity index (χ2v) is 8.30. The van der Waals surface area contributed by atoms with Crippen molar-refractivity contribution < 1.29 is 33.5 Å². The molecule has 1 aliphatic heterocycles. The minimum Gasteiger partial charge on any atom is -0.497 e. The largest absolute Gasteiger partial charge is 0.497 e. The molecule has 1 amide bonds. The van der Waals surface area contributed by atoms with Gasteiger partial charge >= 0.3 is 0 Å². The Morgan fingerprint density at radius 2 is 1.61 bits per heavy atom. The first-order chi connectivity index (χ1) is 15.8. The molecule has 1 aliphatic rings. The second-order valence-electron chi connectivity index (χ2n) is 8.30. The van der Waals surface area contributed by atoms with Crippen LogP contribution in [0, 0.1) is 5.92 Å². The molecule has 176 valence electrons. The summed E-state index contributed by atoms with van der Waals surface area (Å²) in [5, 5.41) is 0. The molecule has 0 aliphatic carbocycles. The Labute approximate surface area is 194 Å². The Bertz CT molecular complexity index is 1020. The van der Waals surface area contributed by atoms with Gasteiger partial charge in [0.1, 0.15) is 11.7 Å². The average Bonchev–Trinajstić information content (AvgIpc) is 3.08. The number of hydrogen-bond donors (Lipinski definition) is 1. The van der Waals surface area contributed by atoms with Crippen LogP contribution in [0.5, 0.6) is 17.2 Å². The van der Waals surface area contributed by atoms with Gasteiger partial charge < -0.3 is 24.0 Å². The van der Waals surface area contributed by atoms with Crippen molar-refractivity contribution in [1.29, 1.82) is 0 Å². The summed E-state index contributed by atoms with van der Waals surface area (Å²) in [6.07, 6.45) is 0.703. The van der Waals surface area contributed by atoms with Crippen molar-refractivity contribution in [3.8, 4) is 17.2 Å². The number of quaternary nitrogens is 1. The van der Waals surface area contributed by atoms with Crippen LogP contribution in [-0.4, -0.2) is 70.9 Å². The van der Waals surface area contributed by atoms with E-state index in [1.807, 2.05) is 14.1 Å². The van der Waals surface area contributed by atoms with Gasteiger partial charge in [0.25, 0.3) is 5.91 Å². The molecule has 2 aromatic rings. The lowest BCUT2D eigenvalue weighted by molar-refractivity contribution is -0.858. The van der Waals surface area contributed by atoms with Crippen LogP contribution in [0.15, 0.2) is 42.5 Å². The van der Waals surface area contributed by atoms with Crippen LogP contribution in [0.25, 0.3) is 0 Å². The number of likely N-dealkylation sites (tertiary alicyclic amines) is 1. The third-order valence-electron chi connectivity index (χ3n) is 5.89. The van der Waals surface area contributed by atoms with Gasteiger partial charge in [-0.05, 0) is 42.0 Å². The van der Waals surface area contributed by atoms with E-state index in [9.17, 15) is 14.4 Å². The number of carbonyl (C=O) groups excluding carboxylic acids is 3. The maximum atomic E-state index is 13.5. The fraction of sp³-hybridized carbons (Fsp3) is 0.400. The minimum absolute atomic E-state index is 0.354. The number of methoxy groups -OCH3 is 3. The monoisotopic (exact) mass is 455 g/mol. The van der Waals surface area contributed by atoms with E-state index in [0.29, 0.717) is 41.3 Å². The van der Waals surface area contributed by atoms with E-state index in [1.165, 1.54) is 31.1 Å². The SMILES string of the molecule is COc1ccc(C(=O)C2C(=O)C(=O)N(CCC[NH+](C)C)C2c2ccc(OC)c(OC)c2)cc1. The highest BCUT2D eigenvalue weighted by Crippen LogP contribution is 2.41. The van der Waals surface area contributed by atoms with Crippen molar-refractivity contribution in [2.24, 2.45) is 5.92 Å². The van der Waals surface area contributed by atoms with Crippen LogP contribution in [0.3, 0.4) is 0 Å². The number of benzene rings is 2. The molecule has 0 aromatic heterocycles. The Morgan fingerprint density at radius 1 is 0.939 bits per heavy atom. The molecule has 0 spiro atoms. The van der Waals surface area contributed by atoms with Crippen molar-refractivity contribution in [3.05, 3.63) is 53.6 Å². The number of Topliss-reactive ketones (excluding diaryl/α,β-unsaturated/α-hetero) is 2. The predicted octanol–water partition coefficient (Wildman–Crippen LogP) is 1.20. The van der Waals surface area contributed by atoms with E-state index in [1.54, 1.807) is 42.5 Å². The topological polar surface area (TPSA) is 86.6 Å². The number of nitrogens with one attached hydrogen (secondary N) is 1. The molecule has 0 bridgehead atoms. The first kappa shape index (κ1) is 24.3. The molecule has 2 aromatic carbocycles. The second kappa shape index (κ2) is 10.5. The van der Waals surface area contributed by atoms with Crippen LogP contribution >= 0.6 is 0 Å². The van der Waals surface area contributed by atoms with Crippen molar-refractivity contribution in [1.82, 2.24) is 4.90 Å². The van der Waals surface area contributed by atoms with E-state index >= 15 is 0 Å². The van der Waals surface area contributed by atoms with Gasteiger partial charge in [0, 0.05) is 18.5 Å². The lowest BCUT2D eigenvalue weighted by atomic mass is 9.86. The van der Waals surface area contributed by atoms with Crippen molar-refractivity contribution in [2.75, 3.05) is 48.5 Å². The number of nitrogens with zero attached hydrogens (tertiary/aromatic N) is 1. The molecule has 33 heavy (non-hydrogen) atoms. The Kier molecular flexibility index (Phi) is 7.71. The molecule has 1 fully saturated rings. The zero-order valence-corrected chi connectivity index (χ0v) is 19.7. The summed E-state index contributed by atoms with van der Waals surface area (Å²) in [5.74, 6) is -1.26. The molecule has 2 atom stereocenters. The van der Waals surface area contributed by atoms with Crippen LogP contribution < -0.4 is 19.1 Å². The number of hydrogen-bond acceptors (Lipinski definition) is 6. The standard InChI is InChI=1S/C25H30N2O6/c1-26(2)13-6-14-27-22(17-9-12-19(32-4)20(15-17)33-5)21(24(29)25(27)30)23(28)16-7-10-18(31-3)11-8-16/h7-12,15,21-22H,6,13-14H2,1-5H3/p+1. The molecule has 1 heterocycles. The van der Waals surface area contributed by atoms with Crippen LogP contribution in [0.2, 0.25) is 0 Å². The Balaban J connectivity index is 2.04. The van der Waals surface area contributed by atoms with Crippen LogP contribution in [-0.2, 0) is 9.59 Å². The number of carbonyl (C=O) groups is 3. The average molecular weight is 456 g/mol. The molecule has 1 N–H and O–H groups in total. The van der Waals surface area contributed by atoms with E-state index in [-0.39, 0.29) is 0 Å². The number of ether oxygens (including phenoxy) is 3. The van der Waals surface area contributed by atoms with Gasteiger partial charge in [0.05, 0.1) is 48.0 Å². The maximum absolute atomic E-state index is 13.5. The third-order valence-corrected chi connectivity index (χ3v) is 5.89. The zero-order valence-electron chi connectivity index (χ0n) is 19.7. The highest BCUT2D eigenvalue weighted by molar-refractivity contribution is 6.44. The number of ketones is 2. The summed E-state index contributed by atoms with van der Waals surface area (Å²) in [7, 11) is 8.64. The first-order valence-corrected chi connectivity index (χ1v) is 10.9. The lowest BCUT2D eigenvalue weighted by Crippen LogP contribution is -3.05. The zero-order chi connectivity index (χ0) is 24.1. The highest BCUT2D eigenvalue weighted by Gasteiger charge is 2.51. The van der Waals surface area contributed by atoms with E-state index < -0.39 is 29.4 Å². The van der Waals surface area contributed by atoms with Gasteiger partial charge in [-0.2, -0.15) is 0 Å². The van der Waals surface area contributed by atoms with E-state index in [2.05, 4.69) is 0 Å². The van der Waals surface area contributed by atoms with Crippen molar-refractivity contribution >= 4 is 17.5 Å². The maximum Gasteiger partial charge on any atom is 0.291 e. The summed E-state index contributed by atoms with van der Waals surface area (Å²) in [6.45, 7) is 1.20. The van der Waals surface area contributed by atoms with Crippen molar-refractivity contribution in [3.63, 3.8) is 0 Å². The smallest absolute Gasteiger partial charge is 0.291 e. The minimum atomic E-state index is -1.14. The molecular weight excluding hydrogens is 424 g/mol. The van der Waals surface area contributed by atoms with Gasteiger partial charge in [0.2, 0.25) is 5.78 Å². The van der Waals surface area contributed by atoms with Gasteiger partial charge in [-0.1, -0.05) is 6.07 Å². The lowest BCUT2D eigenvalue weighted by Gasteiger charge is -2.28. The number of amides is 1. The molecule has 0 saturated carbocycles. The molecule has 2 unspecified atom stereocenters. The highest BCUT2D eigenvalue weighted by atomic mass is 16.5. The molecule has 1 saturated heterocycles. The van der Waals surface area contributed by atoms with Gasteiger partial charge in [-0.15, -0.1) is 0 Å². The van der Waals surface area contributed by atoms with E-state index in [4.69, 9.17) is 14.2 Å². The Hall–Kier alpha value is -3.39. The summed E-state index contributed by atoms with van der Waals surface area (Å²) in [6, 6.07) is 11.1. The molecule has 8 nitrogen and oxygen atoms in total. The third kappa shape index (κ3) is 5.01. The van der Waals surface area contributed by atoms with Crippen LogP contribution in [0.4, 0.5) is 0 Å². The number of rotatable bonds is 10. The Morgan fingerprint density at radius 3 is 2.18 bits per heavy atom. The quantitative estimate of drug-likeness (QED) is 0.329. The molecule has 0 radical (unpaired) electrons. The fourth-order valence-electron chi connectivity index (χ4n) is 4.17. The summed E-state index contributed by atoms with van der Waals surface area (Å²) in [5.41, 5.74) is 1.00. The molecule has 3 rings (SSSR count). The molecular formula is C25H31N2O6+. The van der Waals surface area contributed by atoms with Gasteiger partial charge in [0.15, 0.2) is 17.3 Å².